The lowest BCUT2D eigenvalue weighted by Gasteiger charge is -2.36. The summed E-state index contributed by atoms with van der Waals surface area (Å²) in [5.41, 5.74) is -0.630. The molecule has 2 aromatic carbocycles. The van der Waals surface area contributed by atoms with E-state index < -0.39 is 65.7 Å². The molecule has 2 rings (SSSR count). The van der Waals surface area contributed by atoms with E-state index in [1.54, 1.807) is 30.3 Å². The van der Waals surface area contributed by atoms with Crippen molar-refractivity contribution in [1.29, 1.82) is 0 Å². The van der Waals surface area contributed by atoms with Crippen molar-refractivity contribution in [3.8, 4) is 11.1 Å². The Balaban J connectivity index is 2.16. The van der Waals surface area contributed by atoms with Crippen LogP contribution in [0.3, 0.4) is 0 Å². The van der Waals surface area contributed by atoms with Gasteiger partial charge < -0.3 is 36.0 Å². The fourth-order valence-corrected chi connectivity index (χ4v) is 2.96. The van der Waals surface area contributed by atoms with Crippen LogP contribution in [0, 0.1) is 26.9 Å². The van der Waals surface area contributed by atoms with Crippen LogP contribution in [-0.2, 0) is 24.0 Å². The molecule has 0 spiro atoms. The van der Waals surface area contributed by atoms with Crippen LogP contribution >= 0.6 is 0 Å². The highest BCUT2D eigenvalue weighted by molar-refractivity contribution is 5.78. The molecule has 2 aromatic rings. The third-order valence-corrected chi connectivity index (χ3v) is 4.90. The highest BCUT2D eigenvalue weighted by Gasteiger charge is 2.36. The molecule has 0 bridgehead atoms. The Kier molecular flexibility index (Phi) is 11.0. The number of carbonyl (C=O) groups excluding carboxylic acids is 1. The summed E-state index contributed by atoms with van der Waals surface area (Å²) in [6.07, 6.45) is 0. The van der Waals surface area contributed by atoms with Gasteiger partial charge in [0.2, 0.25) is 0 Å². The molecular formula is C20H23FN3O11-3. The van der Waals surface area contributed by atoms with Crippen molar-refractivity contribution in [2.45, 2.75) is 12.8 Å². The van der Waals surface area contributed by atoms with Crippen molar-refractivity contribution < 1.29 is 44.1 Å². The van der Waals surface area contributed by atoms with Gasteiger partial charge in [0.05, 0.1) is 31.2 Å². The Bertz CT molecular complexity index is 903. The number of esters is 1. The first-order valence-corrected chi connectivity index (χ1v) is 9.92. The summed E-state index contributed by atoms with van der Waals surface area (Å²) in [6.45, 7) is -1.92. The van der Waals surface area contributed by atoms with E-state index in [2.05, 4.69) is 14.5 Å². The SMILES string of the molecule is C[C@H](C(=O)OCC(CON([O-])O)(CON([O-])O)CON([O-])O)c1ccc(-c2ccccc2)c(F)c1. The number of ether oxygens (including phenoxy) is 1. The summed E-state index contributed by atoms with van der Waals surface area (Å²) >= 11 is 0. The van der Waals surface area contributed by atoms with Crippen LogP contribution in [0.15, 0.2) is 48.5 Å². The average molecular weight is 500 g/mol. The van der Waals surface area contributed by atoms with Crippen LogP contribution in [0.25, 0.3) is 11.1 Å². The number of rotatable bonds is 14. The molecule has 0 amide bonds. The first-order chi connectivity index (χ1) is 16.5. The van der Waals surface area contributed by atoms with E-state index >= 15 is 0 Å². The quantitative estimate of drug-likeness (QED) is 0.253. The van der Waals surface area contributed by atoms with Crippen LogP contribution in [0.2, 0.25) is 0 Å². The summed E-state index contributed by atoms with van der Waals surface area (Å²) in [6, 6.07) is 12.9. The highest BCUT2D eigenvalue weighted by Crippen LogP contribution is 2.28. The molecule has 1 atom stereocenters. The Labute approximate surface area is 198 Å². The molecule has 15 heteroatoms. The summed E-state index contributed by atoms with van der Waals surface area (Å²) in [7, 11) is 0. The minimum absolute atomic E-state index is 0.268. The highest BCUT2D eigenvalue weighted by atomic mass is 19.1. The summed E-state index contributed by atoms with van der Waals surface area (Å²) in [4.78, 5) is 25.7. The van der Waals surface area contributed by atoms with E-state index in [0.29, 0.717) is 11.1 Å². The fraction of sp³-hybridized carbons (Fsp3) is 0.350. The van der Waals surface area contributed by atoms with Gasteiger partial charge in [0.25, 0.3) is 0 Å². The maximum atomic E-state index is 14.7. The van der Waals surface area contributed by atoms with Gasteiger partial charge in [0.15, 0.2) is 0 Å². The first-order valence-electron chi connectivity index (χ1n) is 9.92. The van der Waals surface area contributed by atoms with Crippen LogP contribution < -0.4 is 0 Å². The lowest BCUT2D eigenvalue weighted by molar-refractivity contribution is -0.365. The van der Waals surface area contributed by atoms with Crippen molar-refractivity contribution in [2.75, 3.05) is 26.4 Å². The molecular weight excluding hydrogens is 477 g/mol. The van der Waals surface area contributed by atoms with Crippen molar-refractivity contribution in [3.05, 3.63) is 75.5 Å². The van der Waals surface area contributed by atoms with Crippen LogP contribution in [0.5, 0.6) is 0 Å². The summed E-state index contributed by atoms with van der Waals surface area (Å²) in [5, 5.41) is 55.5. The van der Waals surface area contributed by atoms with Gasteiger partial charge in [-0.25, -0.2) is 4.39 Å². The molecule has 194 valence electrons. The lowest BCUT2D eigenvalue weighted by atomic mass is 9.92. The third kappa shape index (κ3) is 9.15. The molecule has 0 aromatic heterocycles. The van der Waals surface area contributed by atoms with Gasteiger partial charge >= 0.3 is 5.97 Å². The number of benzene rings is 2. The predicted octanol–water partition coefficient (Wildman–Crippen LogP) is 2.49. The van der Waals surface area contributed by atoms with Gasteiger partial charge in [-0.05, 0) is 24.1 Å². The number of halogens is 1. The molecule has 0 saturated heterocycles. The number of hydrogen-bond acceptors (Lipinski definition) is 14. The van der Waals surface area contributed by atoms with Gasteiger partial charge in [-0.2, -0.15) is 0 Å². The molecule has 0 aliphatic rings. The zero-order chi connectivity index (χ0) is 26.0. The second-order valence-electron chi connectivity index (χ2n) is 7.47. The molecule has 0 fully saturated rings. The summed E-state index contributed by atoms with van der Waals surface area (Å²) in [5.74, 6) is -2.46. The molecule has 0 unspecified atom stereocenters. The number of nitrogens with zero attached hydrogens (tertiary/aromatic N) is 3. The first kappa shape index (κ1) is 28.6. The molecule has 0 heterocycles. The van der Waals surface area contributed by atoms with Gasteiger partial charge in [0, 0.05) is 5.56 Å². The lowest BCUT2D eigenvalue weighted by Crippen LogP contribution is -2.45. The predicted molar refractivity (Wildman–Crippen MR) is 112 cm³/mol. The molecule has 0 saturated carbocycles. The Hall–Kier alpha value is -2.64. The maximum absolute atomic E-state index is 14.7. The normalized spacial score (nSPS) is 13.0. The number of carbonyl (C=O) groups is 1. The standard InChI is InChI=1S/C20H23FN3O11/c1-14(16-7-8-17(18(21)9-16)15-5-3-2-4-6-15)19(25)32-10-20(11-33-22(26)27,12-34-23(28)29)13-35-24(30)31/h2-9,14,26,28,30H,10-13H2,1H3/q-3/t14-/m0/s1. The van der Waals surface area contributed by atoms with E-state index in [9.17, 15) is 24.8 Å². The maximum Gasteiger partial charge on any atom is 0.313 e. The van der Waals surface area contributed by atoms with E-state index in [-0.39, 0.29) is 5.56 Å². The Morgan fingerprint density at radius 2 is 1.43 bits per heavy atom. The molecule has 3 N–H and O–H groups in total. The molecule has 14 nitrogen and oxygen atoms in total. The molecule has 0 radical (unpaired) electrons. The molecule has 35 heavy (non-hydrogen) atoms. The largest absolute Gasteiger partial charge is 0.738 e. The van der Waals surface area contributed by atoms with Crippen LogP contribution in [0.4, 0.5) is 4.39 Å². The topological polar surface area (TPSA) is 194 Å². The zero-order valence-electron chi connectivity index (χ0n) is 18.4. The second-order valence-corrected chi connectivity index (χ2v) is 7.47. The van der Waals surface area contributed by atoms with Crippen molar-refractivity contribution >= 4 is 5.97 Å². The third-order valence-electron chi connectivity index (χ3n) is 4.90. The van der Waals surface area contributed by atoms with Gasteiger partial charge in [-0.1, -0.05) is 42.5 Å². The van der Waals surface area contributed by atoms with E-state index in [1.807, 2.05) is 0 Å². The average Bonchev–Trinajstić information content (AvgIpc) is 2.82. The van der Waals surface area contributed by atoms with Crippen LogP contribution in [0.1, 0.15) is 18.4 Å². The molecule has 0 aliphatic carbocycles. The number of hydrogen-bond donors (Lipinski definition) is 3. The Morgan fingerprint density at radius 3 is 1.89 bits per heavy atom. The van der Waals surface area contributed by atoms with Gasteiger partial charge in [-0.15, -0.1) is 16.2 Å². The van der Waals surface area contributed by atoms with E-state index in [1.165, 1.54) is 25.1 Å². The fourth-order valence-electron chi connectivity index (χ4n) is 2.96. The zero-order valence-corrected chi connectivity index (χ0v) is 18.4. The smallest absolute Gasteiger partial charge is 0.313 e. The van der Waals surface area contributed by atoms with Gasteiger partial charge in [-0.3, -0.25) is 19.3 Å². The van der Waals surface area contributed by atoms with Crippen molar-refractivity contribution in [3.63, 3.8) is 0 Å². The van der Waals surface area contributed by atoms with E-state index in [4.69, 9.17) is 20.4 Å². The monoisotopic (exact) mass is 500 g/mol. The Morgan fingerprint density at radius 1 is 0.914 bits per heavy atom. The summed E-state index contributed by atoms with van der Waals surface area (Å²) < 4.78 is 19.9. The minimum atomic E-state index is -1.86. The van der Waals surface area contributed by atoms with Gasteiger partial charge in [0.1, 0.15) is 12.4 Å². The minimum Gasteiger partial charge on any atom is -0.738 e. The van der Waals surface area contributed by atoms with E-state index in [0.717, 1.165) is 0 Å². The second kappa shape index (κ2) is 13.4. The molecule has 0 aliphatic heterocycles. The van der Waals surface area contributed by atoms with Crippen LogP contribution in [-0.4, -0.2) is 64.2 Å². The van der Waals surface area contributed by atoms with Crippen molar-refractivity contribution in [2.24, 2.45) is 5.41 Å². The van der Waals surface area contributed by atoms with Crippen molar-refractivity contribution in [1.82, 2.24) is 16.2 Å².